The molecule has 0 saturated heterocycles. The van der Waals surface area contributed by atoms with Gasteiger partial charge in [0, 0.05) is 0 Å². The number of ether oxygens (including phenoxy) is 1. The second-order valence-corrected chi connectivity index (χ2v) is 5.24. The van der Waals surface area contributed by atoms with Gasteiger partial charge in [-0.2, -0.15) is 8.78 Å². The molecule has 1 unspecified atom stereocenters. The average Bonchev–Trinajstić information content (AvgIpc) is 2.36. The zero-order chi connectivity index (χ0) is 15.6. The monoisotopic (exact) mass is 291 g/mol. The SMILES string of the molecule is Cc1cc(C)c(C(N)c2cccc(OC(F)F)c2)c(C)c1. The molecule has 2 nitrogen and oxygen atoms in total. The van der Waals surface area contributed by atoms with E-state index in [9.17, 15) is 8.78 Å². The highest BCUT2D eigenvalue weighted by atomic mass is 19.3. The molecule has 21 heavy (non-hydrogen) atoms. The van der Waals surface area contributed by atoms with Gasteiger partial charge in [-0.05, 0) is 55.2 Å². The summed E-state index contributed by atoms with van der Waals surface area (Å²) in [5.74, 6) is 0.125. The zero-order valence-corrected chi connectivity index (χ0v) is 12.4. The molecule has 0 aliphatic heterocycles. The van der Waals surface area contributed by atoms with Gasteiger partial charge in [0.2, 0.25) is 0 Å². The van der Waals surface area contributed by atoms with Crippen molar-refractivity contribution in [2.24, 2.45) is 5.73 Å². The first-order valence-electron chi connectivity index (χ1n) is 6.76. The lowest BCUT2D eigenvalue weighted by atomic mass is 9.90. The standard InChI is InChI=1S/C17H19F2NO/c1-10-7-11(2)15(12(3)8-10)16(20)13-5-4-6-14(9-13)21-17(18)19/h4-9,16-17H,20H2,1-3H3. The Balaban J connectivity index is 2.38. The first-order chi connectivity index (χ1) is 9.88. The third kappa shape index (κ3) is 3.58. The van der Waals surface area contributed by atoms with Crippen molar-refractivity contribution in [3.8, 4) is 5.75 Å². The molecule has 0 heterocycles. The lowest BCUT2D eigenvalue weighted by molar-refractivity contribution is -0.0498. The van der Waals surface area contributed by atoms with E-state index in [2.05, 4.69) is 16.9 Å². The molecule has 1 atom stereocenters. The van der Waals surface area contributed by atoms with Gasteiger partial charge >= 0.3 is 6.61 Å². The molecule has 2 aromatic rings. The molecule has 112 valence electrons. The smallest absolute Gasteiger partial charge is 0.387 e. The summed E-state index contributed by atoms with van der Waals surface area (Å²) >= 11 is 0. The number of hydrogen-bond donors (Lipinski definition) is 1. The minimum Gasteiger partial charge on any atom is -0.435 e. The Morgan fingerprint density at radius 3 is 2.19 bits per heavy atom. The predicted molar refractivity (Wildman–Crippen MR) is 79.8 cm³/mol. The van der Waals surface area contributed by atoms with E-state index >= 15 is 0 Å². The molecule has 0 amide bonds. The Bertz CT molecular complexity index is 617. The maximum atomic E-state index is 12.3. The van der Waals surface area contributed by atoms with Crippen LogP contribution < -0.4 is 10.5 Å². The first-order valence-corrected chi connectivity index (χ1v) is 6.76. The molecular weight excluding hydrogens is 272 g/mol. The second-order valence-electron chi connectivity index (χ2n) is 5.24. The quantitative estimate of drug-likeness (QED) is 0.913. The maximum absolute atomic E-state index is 12.3. The number of alkyl halides is 2. The Labute approximate surface area is 123 Å². The van der Waals surface area contributed by atoms with Crippen LogP contribution in [0.25, 0.3) is 0 Å². The number of halogens is 2. The van der Waals surface area contributed by atoms with Crippen LogP contribution in [0.3, 0.4) is 0 Å². The van der Waals surface area contributed by atoms with Crippen LogP contribution in [0, 0.1) is 20.8 Å². The van der Waals surface area contributed by atoms with Crippen molar-refractivity contribution in [3.63, 3.8) is 0 Å². The molecule has 0 aromatic heterocycles. The van der Waals surface area contributed by atoms with Crippen molar-refractivity contribution < 1.29 is 13.5 Å². The van der Waals surface area contributed by atoms with E-state index in [4.69, 9.17) is 5.73 Å². The van der Waals surface area contributed by atoms with E-state index in [0.29, 0.717) is 0 Å². The van der Waals surface area contributed by atoms with E-state index < -0.39 is 6.61 Å². The Morgan fingerprint density at radius 1 is 1.00 bits per heavy atom. The highest BCUT2D eigenvalue weighted by Gasteiger charge is 2.15. The number of aryl methyl sites for hydroxylation is 3. The number of hydrogen-bond acceptors (Lipinski definition) is 2. The second kappa shape index (κ2) is 6.22. The first kappa shape index (κ1) is 15.4. The normalized spacial score (nSPS) is 12.5. The number of rotatable bonds is 4. The molecule has 0 aliphatic carbocycles. The summed E-state index contributed by atoms with van der Waals surface area (Å²) in [6.07, 6.45) is 0. The van der Waals surface area contributed by atoms with Crippen LogP contribution in [0.1, 0.15) is 33.9 Å². The van der Waals surface area contributed by atoms with Crippen molar-refractivity contribution in [1.82, 2.24) is 0 Å². The Hall–Kier alpha value is -1.94. The van der Waals surface area contributed by atoms with Gasteiger partial charge in [-0.3, -0.25) is 0 Å². The van der Waals surface area contributed by atoms with Gasteiger partial charge < -0.3 is 10.5 Å². The fraction of sp³-hybridized carbons (Fsp3) is 0.294. The van der Waals surface area contributed by atoms with Gasteiger partial charge in [0.05, 0.1) is 6.04 Å². The molecule has 2 aromatic carbocycles. The molecule has 0 aliphatic rings. The van der Waals surface area contributed by atoms with E-state index in [0.717, 1.165) is 22.3 Å². The summed E-state index contributed by atoms with van der Waals surface area (Å²) in [7, 11) is 0. The maximum Gasteiger partial charge on any atom is 0.387 e. The van der Waals surface area contributed by atoms with Gasteiger partial charge in [-0.15, -0.1) is 0 Å². The summed E-state index contributed by atoms with van der Waals surface area (Å²) in [5, 5.41) is 0. The van der Waals surface area contributed by atoms with Crippen LogP contribution in [-0.4, -0.2) is 6.61 Å². The molecule has 2 rings (SSSR count). The highest BCUT2D eigenvalue weighted by molar-refractivity contribution is 5.45. The summed E-state index contributed by atoms with van der Waals surface area (Å²) in [6.45, 7) is 3.22. The van der Waals surface area contributed by atoms with Crippen LogP contribution in [0.5, 0.6) is 5.75 Å². The van der Waals surface area contributed by atoms with Gasteiger partial charge in [0.25, 0.3) is 0 Å². The summed E-state index contributed by atoms with van der Waals surface area (Å²) < 4.78 is 29.0. The molecule has 0 radical (unpaired) electrons. The highest BCUT2D eigenvalue weighted by Crippen LogP contribution is 2.29. The molecule has 0 bridgehead atoms. The molecule has 2 N–H and O–H groups in total. The van der Waals surface area contributed by atoms with Crippen LogP contribution in [-0.2, 0) is 0 Å². The van der Waals surface area contributed by atoms with Gasteiger partial charge in [-0.25, -0.2) is 0 Å². The minimum absolute atomic E-state index is 0.125. The summed E-state index contributed by atoms with van der Waals surface area (Å²) in [4.78, 5) is 0. The van der Waals surface area contributed by atoms with Gasteiger partial charge in [-0.1, -0.05) is 29.8 Å². The van der Waals surface area contributed by atoms with Crippen molar-refractivity contribution in [1.29, 1.82) is 0 Å². The summed E-state index contributed by atoms with van der Waals surface area (Å²) in [6, 6.07) is 10.3. The average molecular weight is 291 g/mol. The van der Waals surface area contributed by atoms with Crippen LogP contribution in [0.4, 0.5) is 8.78 Å². The molecule has 0 spiro atoms. The third-order valence-corrected chi connectivity index (χ3v) is 3.49. The minimum atomic E-state index is -2.83. The van der Waals surface area contributed by atoms with E-state index in [1.165, 1.54) is 11.6 Å². The fourth-order valence-corrected chi connectivity index (χ4v) is 2.73. The van der Waals surface area contributed by atoms with Crippen molar-refractivity contribution >= 4 is 0 Å². The Morgan fingerprint density at radius 2 is 1.62 bits per heavy atom. The number of benzene rings is 2. The lowest BCUT2D eigenvalue weighted by Crippen LogP contribution is -2.15. The molecule has 0 fully saturated rings. The number of nitrogens with two attached hydrogens (primary N) is 1. The molecule has 0 saturated carbocycles. The molecule has 4 heteroatoms. The van der Waals surface area contributed by atoms with Crippen LogP contribution in [0.15, 0.2) is 36.4 Å². The van der Waals surface area contributed by atoms with Crippen LogP contribution >= 0.6 is 0 Å². The summed E-state index contributed by atoms with van der Waals surface area (Å²) in [5.41, 5.74) is 11.5. The van der Waals surface area contributed by atoms with Gasteiger partial charge in [0.15, 0.2) is 0 Å². The van der Waals surface area contributed by atoms with E-state index in [1.807, 2.05) is 26.8 Å². The third-order valence-electron chi connectivity index (χ3n) is 3.49. The molecular formula is C17H19F2NO. The van der Waals surface area contributed by atoms with Crippen molar-refractivity contribution in [2.75, 3.05) is 0 Å². The lowest BCUT2D eigenvalue weighted by Gasteiger charge is -2.19. The Kier molecular flexibility index (Phi) is 4.58. The van der Waals surface area contributed by atoms with Crippen molar-refractivity contribution in [2.45, 2.75) is 33.4 Å². The topological polar surface area (TPSA) is 35.2 Å². The van der Waals surface area contributed by atoms with Gasteiger partial charge in [0.1, 0.15) is 5.75 Å². The largest absolute Gasteiger partial charge is 0.435 e. The van der Waals surface area contributed by atoms with E-state index in [1.54, 1.807) is 12.1 Å². The predicted octanol–water partition coefficient (Wildman–Crippen LogP) is 4.26. The zero-order valence-electron chi connectivity index (χ0n) is 12.4. The van der Waals surface area contributed by atoms with E-state index in [-0.39, 0.29) is 11.8 Å². The van der Waals surface area contributed by atoms with Crippen LogP contribution in [0.2, 0.25) is 0 Å². The van der Waals surface area contributed by atoms with Crippen molar-refractivity contribution in [3.05, 3.63) is 64.2 Å². The fourth-order valence-electron chi connectivity index (χ4n) is 2.73.